The van der Waals surface area contributed by atoms with Gasteiger partial charge in [0.25, 0.3) is 0 Å². The first-order valence-corrected chi connectivity index (χ1v) is 15.4. The molecule has 1 saturated heterocycles. The van der Waals surface area contributed by atoms with E-state index in [9.17, 15) is 4.79 Å². The van der Waals surface area contributed by atoms with Crippen molar-refractivity contribution >= 4 is 45.2 Å². The van der Waals surface area contributed by atoms with Gasteiger partial charge in [-0.25, -0.2) is 19.9 Å². The molecule has 1 fully saturated rings. The molecule has 2 aliphatic rings. The Balaban J connectivity index is 1.11. The standard InChI is InChI=1S/C35H35N7O3/c1-4-6-26(43)10-8-23-7-5-14-42-18-24(23)19-44-32-17-29-33(40-35(32)42)34(37-20-36-29)39-25-9-13-31(22(2)15-25)45-27-11-12-30-28(16-27)38-21-41(30)3/h9,11-13,15-17,20-21,23-24H,5,7-8,10,14,18-19H2,1-3H3,(H,36,37,39)/t23?,24-/m0/s1. The van der Waals surface area contributed by atoms with Crippen LogP contribution in [0.1, 0.15) is 38.2 Å². The van der Waals surface area contributed by atoms with Crippen LogP contribution in [0, 0.1) is 30.6 Å². The monoisotopic (exact) mass is 601 g/mol. The van der Waals surface area contributed by atoms with Crippen molar-refractivity contribution in [2.75, 3.05) is 29.9 Å². The molecular formula is C35H35N7O3. The van der Waals surface area contributed by atoms with Crippen LogP contribution in [0.2, 0.25) is 0 Å². The van der Waals surface area contributed by atoms with Gasteiger partial charge >= 0.3 is 0 Å². The van der Waals surface area contributed by atoms with Gasteiger partial charge in [-0.15, -0.1) is 0 Å². The number of carbonyl (C=O) groups excluding carboxylic acids is 1. The van der Waals surface area contributed by atoms with E-state index in [0.717, 1.165) is 77.7 Å². The molecule has 0 saturated carbocycles. The van der Waals surface area contributed by atoms with Crippen LogP contribution in [0.15, 0.2) is 55.1 Å². The Kier molecular flexibility index (Phi) is 7.67. The number of nitrogens with one attached hydrogen (secondary N) is 1. The fraction of sp³-hybridized carbons (Fsp3) is 0.343. The van der Waals surface area contributed by atoms with Gasteiger partial charge in [-0.05, 0) is 80.8 Å². The maximum Gasteiger partial charge on any atom is 0.205 e. The molecule has 7 rings (SSSR count). The second-order valence-corrected chi connectivity index (χ2v) is 11.9. The van der Waals surface area contributed by atoms with Crippen LogP contribution >= 0.6 is 0 Å². The Morgan fingerprint density at radius 1 is 1.13 bits per heavy atom. The smallest absolute Gasteiger partial charge is 0.205 e. The molecule has 1 unspecified atom stereocenters. The van der Waals surface area contributed by atoms with Gasteiger partial charge < -0.3 is 24.3 Å². The summed E-state index contributed by atoms with van der Waals surface area (Å²) in [5.41, 5.74) is 5.19. The number of carbonyl (C=O) groups is 1. The largest absolute Gasteiger partial charge is 0.489 e. The van der Waals surface area contributed by atoms with Crippen LogP contribution in [0.4, 0.5) is 17.3 Å². The van der Waals surface area contributed by atoms with Crippen LogP contribution in [0.25, 0.3) is 22.1 Å². The number of imidazole rings is 1. The summed E-state index contributed by atoms with van der Waals surface area (Å²) < 4.78 is 14.6. The molecular weight excluding hydrogens is 566 g/mol. The summed E-state index contributed by atoms with van der Waals surface area (Å²) in [7, 11) is 1.98. The molecule has 0 spiro atoms. The number of ether oxygens (including phenoxy) is 2. The van der Waals surface area contributed by atoms with Crippen LogP contribution in [0.3, 0.4) is 0 Å². The molecule has 0 amide bonds. The minimum atomic E-state index is 0.0165. The van der Waals surface area contributed by atoms with Gasteiger partial charge in [-0.2, -0.15) is 0 Å². The lowest BCUT2D eigenvalue weighted by Gasteiger charge is -2.25. The second-order valence-electron chi connectivity index (χ2n) is 11.9. The molecule has 0 aliphatic carbocycles. The Morgan fingerprint density at radius 3 is 2.91 bits per heavy atom. The summed E-state index contributed by atoms with van der Waals surface area (Å²) in [6.45, 7) is 6.04. The average Bonchev–Trinajstić information content (AvgIpc) is 3.18. The number of benzene rings is 2. The quantitative estimate of drug-likeness (QED) is 0.169. The summed E-state index contributed by atoms with van der Waals surface area (Å²) in [5.74, 6) is 9.82. The number of aromatic nitrogens is 5. The highest BCUT2D eigenvalue weighted by molar-refractivity contribution is 5.95. The molecule has 228 valence electrons. The van der Waals surface area contributed by atoms with E-state index < -0.39 is 0 Å². The maximum absolute atomic E-state index is 12.1. The zero-order valence-corrected chi connectivity index (χ0v) is 25.7. The first-order valence-electron chi connectivity index (χ1n) is 15.4. The molecule has 2 aliphatic heterocycles. The summed E-state index contributed by atoms with van der Waals surface area (Å²) in [4.78, 5) is 33.0. The minimum absolute atomic E-state index is 0.0165. The van der Waals surface area contributed by atoms with Crippen molar-refractivity contribution in [3.8, 4) is 29.1 Å². The number of fused-ring (bicyclic) bond motifs is 6. The molecule has 5 aromatic rings. The van der Waals surface area contributed by atoms with Crippen molar-refractivity contribution in [3.05, 3.63) is 60.7 Å². The third-order valence-electron chi connectivity index (χ3n) is 8.80. The molecule has 1 N–H and O–H groups in total. The lowest BCUT2D eigenvalue weighted by Crippen LogP contribution is -2.31. The molecule has 2 aromatic carbocycles. The first-order chi connectivity index (χ1) is 21.9. The minimum Gasteiger partial charge on any atom is -0.489 e. The fourth-order valence-corrected chi connectivity index (χ4v) is 6.45. The van der Waals surface area contributed by atoms with Gasteiger partial charge in [0.2, 0.25) is 5.78 Å². The van der Waals surface area contributed by atoms with E-state index in [1.807, 2.05) is 61.0 Å². The zero-order valence-electron chi connectivity index (χ0n) is 25.7. The molecule has 10 nitrogen and oxygen atoms in total. The Bertz CT molecular complexity index is 1980. The molecule has 2 bridgehead atoms. The van der Waals surface area contributed by atoms with Gasteiger partial charge in [0.05, 0.1) is 29.5 Å². The van der Waals surface area contributed by atoms with E-state index in [1.165, 1.54) is 0 Å². The molecule has 10 heteroatoms. The van der Waals surface area contributed by atoms with Crippen LogP contribution in [-0.2, 0) is 11.8 Å². The van der Waals surface area contributed by atoms with Crippen LogP contribution in [0.5, 0.6) is 17.2 Å². The van der Waals surface area contributed by atoms with Crippen molar-refractivity contribution in [1.29, 1.82) is 0 Å². The van der Waals surface area contributed by atoms with Crippen molar-refractivity contribution in [2.24, 2.45) is 18.9 Å². The third kappa shape index (κ3) is 5.86. The van der Waals surface area contributed by atoms with E-state index in [0.29, 0.717) is 41.7 Å². The van der Waals surface area contributed by atoms with Crippen molar-refractivity contribution < 1.29 is 14.3 Å². The average molecular weight is 602 g/mol. The number of nitrogens with zero attached hydrogens (tertiary/aromatic N) is 6. The van der Waals surface area contributed by atoms with E-state index >= 15 is 0 Å². The van der Waals surface area contributed by atoms with Crippen LogP contribution in [-0.4, -0.2) is 50.0 Å². The predicted molar refractivity (Wildman–Crippen MR) is 174 cm³/mol. The number of Topliss-reactive ketones (excluding diaryl/α,β-unsaturated/α-hetero) is 1. The predicted octanol–water partition coefficient (Wildman–Crippen LogP) is 6.35. The topological polar surface area (TPSA) is 107 Å². The van der Waals surface area contributed by atoms with Crippen molar-refractivity contribution in [1.82, 2.24) is 24.5 Å². The lowest BCUT2D eigenvalue weighted by atomic mass is 9.85. The molecule has 0 radical (unpaired) electrons. The normalized spacial score (nSPS) is 17.4. The second kappa shape index (κ2) is 12.1. The summed E-state index contributed by atoms with van der Waals surface area (Å²) >= 11 is 0. The third-order valence-corrected chi connectivity index (χ3v) is 8.80. The Hall–Kier alpha value is -5.17. The molecule has 5 heterocycles. The Morgan fingerprint density at radius 2 is 2.04 bits per heavy atom. The van der Waals surface area contributed by atoms with Gasteiger partial charge in [-0.3, -0.25) is 4.79 Å². The highest BCUT2D eigenvalue weighted by Gasteiger charge is 2.33. The SMILES string of the molecule is CC#CC(=O)CCC1CCCN2C[C@H]1COc1cc3ncnc(Nc4ccc(Oc5ccc6c(c5)ncn6C)c(C)c4)c3nc12. The molecule has 3 aromatic heterocycles. The highest BCUT2D eigenvalue weighted by Crippen LogP contribution is 2.39. The summed E-state index contributed by atoms with van der Waals surface area (Å²) in [5, 5.41) is 3.46. The van der Waals surface area contributed by atoms with E-state index in [2.05, 4.69) is 37.0 Å². The van der Waals surface area contributed by atoms with Gasteiger partial charge in [0.15, 0.2) is 17.4 Å². The Labute approximate surface area is 261 Å². The first kappa shape index (κ1) is 28.6. The van der Waals surface area contributed by atoms with E-state index in [4.69, 9.17) is 14.5 Å². The van der Waals surface area contributed by atoms with E-state index in [-0.39, 0.29) is 5.78 Å². The number of pyridine rings is 1. The molecule has 2 atom stereocenters. The number of hydrogen-bond donors (Lipinski definition) is 1. The molecule has 45 heavy (non-hydrogen) atoms. The fourth-order valence-electron chi connectivity index (χ4n) is 6.45. The number of hydrogen-bond acceptors (Lipinski definition) is 9. The van der Waals surface area contributed by atoms with Crippen molar-refractivity contribution in [2.45, 2.75) is 39.5 Å². The van der Waals surface area contributed by atoms with Gasteiger partial charge in [0.1, 0.15) is 23.3 Å². The summed E-state index contributed by atoms with van der Waals surface area (Å²) in [6.07, 6.45) is 6.77. The van der Waals surface area contributed by atoms with Crippen LogP contribution < -0.4 is 19.7 Å². The maximum atomic E-state index is 12.1. The van der Waals surface area contributed by atoms with Crippen molar-refractivity contribution in [3.63, 3.8) is 0 Å². The number of ketones is 1. The highest BCUT2D eigenvalue weighted by atomic mass is 16.5. The zero-order chi connectivity index (χ0) is 30.9. The number of aryl methyl sites for hydroxylation is 2. The number of rotatable bonds is 7. The van der Waals surface area contributed by atoms with Gasteiger partial charge in [-0.1, -0.05) is 5.92 Å². The van der Waals surface area contributed by atoms with Gasteiger partial charge in [0, 0.05) is 50.3 Å². The lowest BCUT2D eigenvalue weighted by molar-refractivity contribution is -0.114. The van der Waals surface area contributed by atoms with E-state index in [1.54, 1.807) is 19.6 Å². The number of anilines is 3. The summed E-state index contributed by atoms with van der Waals surface area (Å²) in [6, 6.07) is 13.8.